The van der Waals surface area contributed by atoms with Crippen LogP contribution in [-0.2, 0) is 12.7 Å². The predicted octanol–water partition coefficient (Wildman–Crippen LogP) is 3.99. The van der Waals surface area contributed by atoms with Gasteiger partial charge in [0.25, 0.3) is 0 Å². The van der Waals surface area contributed by atoms with Crippen molar-refractivity contribution in [1.29, 1.82) is 0 Å². The first kappa shape index (κ1) is 14.2. The Hall–Kier alpha value is -2.18. The van der Waals surface area contributed by atoms with Crippen molar-refractivity contribution >= 4 is 5.69 Å². The van der Waals surface area contributed by atoms with Crippen molar-refractivity contribution in [2.45, 2.75) is 12.7 Å². The molecule has 0 saturated carbocycles. The second-order valence-corrected chi connectivity index (χ2v) is 4.02. The Morgan fingerprint density at radius 1 is 1.05 bits per heavy atom. The minimum absolute atomic E-state index is 0.108. The second kappa shape index (κ2) is 5.44. The molecule has 0 aliphatic rings. The van der Waals surface area contributed by atoms with E-state index in [0.29, 0.717) is 11.8 Å². The van der Waals surface area contributed by atoms with Crippen LogP contribution in [0.2, 0.25) is 0 Å². The van der Waals surface area contributed by atoms with Gasteiger partial charge >= 0.3 is 6.18 Å². The van der Waals surface area contributed by atoms with Crippen molar-refractivity contribution in [1.82, 2.24) is 4.98 Å². The van der Waals surface area contributed by atoms with E-state index >= 15 is 0 Å². The summed E-state index contributed by atoms with van der Waals surface area (Å²) < 4.78 is 63.8. The fraction of sp³-hybridized carbons (Fsp3) is 0.154. The molecule has 106 valence electrons. The molecular weight excluding hydrogens is 279 g/mol. The lowest BCUT2D eigenvalue weighted by Crippen LogP contribution is -2.12. The number of aromatic nitrogens is 1. The van der Waals surface area contributed by atoms with E-state index in [2.05, 4.69) is 10.3 Å². The molecule has 0 saturated heterocycles. The van der Waals surface area contributed by atoms with Crippen molar-refractivity contribution in [3.05, 3.63) is 59.4 Å². The normalized spacial score (nSPS) is 11.4. The summed E-state index contributed by atoms with van der Waals surface area (Å²) in [5, 5.41) is 2.67. The molecule has 1 N–H and O–H groups in total. The van der Waals surface area contributed by atoms with Crippen LogP contribution in [-0.4, -0.2) is 4.98 Å². The van der Waals surface area contributed by atoms with Crippen LogP contribution in [0.3, 0.4) is 0 Å². The van der Waals surface area contributed by atoms with E-state index in [-0.39, 0.29) is 12.1 Å². The minimum Gasteiger partial charge on any atom is -0.380 e. The van der Waals surface area contributed by atoms with Gasteiger partial charge < -0.3 is 5.32 Å². The predicted molar refractivity (Wildman–Crippen MR) is 62.9 cm³/mol. The van der Waals surface area contributed by atoms with Crippen molar-refractivity contribution in [2.75, 3.05) is 5.32 Å². The van der Waals surface area contributed by atoms with Crippen LogP contribution in [0.5, 0.6) is 0 Å². The highest BCUT2D eigenvalue weighted by atomic mass is 19.4. The third kappa shape index (κ3) is 3.43. The zero-order valence-corrected chi connectivity index (χ0v) is 10.0. The van der Waals surface area contributed by atoms with E-state index in [1.165, 1.54) is 6.07 Å². The molecule has 0 aliphatic carbocycles. The minimum atomic E-state index is -4.64. The SMILES string of the molecule is Fc1ccc(CNc2ccc(F)nc2)c(C(F)(F)F)c1. The molecule has 7 heteroatoms. The highest BCUT2D eigenvalue weighted by Crippen LogP contribution is 2.32. The lowest BCUT2D eigenvalue weighted by atomic mass is 10.1. The van der Waals surface area contributed by atoms with Crippen molar-refractivity contribution < 1.29 is 22.0 Å². The molecule has 0 radical (unpaired) electrons. The maximum absolute atomic E-state index is 12.9. The number of halogens is 5. The molecule has 0 unspecified atom stereocenters. The topological polar surface area (TPSA) is 24.9 Å². The smallest absolute Gasteiger partial charge is 0.380 e. The molecule has 1 heterocycles. The van der Waals surface area contributed by atoms with E-state index in [1.54, 1.807) is 0 Å². The Balaban J connectivity index is 2.19. The van der Waals surface area contributed by atoms with E-state index < -0.39 is 23.5 Å². The molecule has 1 aromatic carbocycles. The van der Waals surface area contributed by atoms with Gasteiger partial charge in [0.15, 0.2) is 0 Å². The van der Waals surface area contributed by atoms with Crippen molar-refractivity contribution in [3.63, 3.8) is 0 Å². The monoisotopic (exact) mass is 288 g/mol. The first-order valence-electron chi connectivity index (χ1n) is 5.57. The number of hydrogen-bond acceptors (Lipinski definition) is 2. The highest BCUT2D eigenvalue weighted by molar-refractivity contribution is 5.42. The molecule has 0 aliphatic heterocycles. The molecule has 2 nitrogen and oxygen atoms in total. The van der Waals surface area contributed by atoms with Gasteiger partial charge in [-0.3, -0.25) is 0 Å². The Labute approximate surface area is 111 Å². The number of alkyl halides is 3. The number of rotatable bonds is 3. The number of pyridine rings is 1. The zero-order valence-electron chi connectivity index (χ0n) is 10.0. The third-order valence-electron chi connectivity index (χ3n) is 2.59. The van der Waals surface area contributed by atoms with Gasteiger partial charge in [0.1, 0.15) is 5.82 Å². The third-order valence-corrected chi connectivity index (χ3v) is 2.59. The van der Waals surface area contributed by atoms with Crippen LogP contribution >= 0.6 is 0 Å². The number of nitrogens with one attached hydrogen (secondary N) is 1. The van der Waals surface area contributed by atoms with Gasteiger partial charge in [0, 0.05) is 6.54 Å². The molecule has 0 amide bonds. The summed E-state index contributed by atoms with van der Waals surface area (Å²) in [6, 6.07) is 4.88. The van der Waals surface area contributed by atoms with Crippen molar-refractivity contribution in [2.24, 2.45) is 0 Å². The average Bonchev–Trinajstić information content (AvgIpc) is 2.38. The lowest BCUT2D eigenvalue weighted by Gasteiger charge is -2.14. The molecule has 0 spiro atoms. The van der Waals surface area contributed by atoms with Gasteiger partial charge in [0.05, 0.1) is 17.4 Å². The first-order chi connectivity index (χ1) is 9.36. The number of anilines is 1. The van der Waals surface area contributed by atoms with Crippen LogP contribution in [0.25, 0.3) is 0 Å². The van der Waals surface area contributed by atoms with Crippen LogP contribution in [0, 0.1) is 11.8 Å². The summed E-state index contributed by atoms with van der Waals surface area (Å²) in [5.74, 6) is -1.64. The summed E-state index contributed by atoms with van der Waals surface area (Å²) in [4.78, 5) is 3.37. The van der Waals surface area contributed by atoms with Crippen LogP contribution < -0.4 is 5.32 Å². The summed E-state index contributed by atoms with van der Waals surface area (Å²) in [6.07, 6.45) is -3.48. The number of benzene rings is 1. The second-order valence-electron chi connectivity index (χ2n) is 4.02. The first-order valence-corrected chi connectivity index (χ1v) is 5.57. The van der Waals surface area contributed by atoms with Gasteiger partial charge in [-0.25, -0.2) is 9.37 Å². The van der Waals surface area contributed by atoms with E-state index in [1.807, 2.05) is 0 Å². The molecule has 0 bridgehead atoms. The molecule has 0 atom stereocenters. The summed E-state index contributed by atoms with van der Waals surface area (Å²) in [6.45, 7) is -0.178. The number of nitrogens with zero attached hydrogens (tertiary/aromatic N) is 1. The van der Waals surface area contributed by atoms with E-state index in [9.17, 15) is 22.0 Å². The van der Waals surface area contributed by atoms with Gasteiger partial charge in [-0.2, -0.15) is 17.6 Å². The largest absolute Gasteiger partial charge is 0.416 e. The molecule has 1 aromatic heterocycles. The molecule has 2 rings (SSSR count). The Kier molecular flexibility index (Phi) is 3.87. The standard InChI is InChI=1S/C13H9F5N2/c14-9-2-1-8(11(5-9)13(16,17)18)6-19-10-3-4-12(15)20-7-10/h1-5,7,19H,6H2. The van der Waals surface area contributed by atoms with Crippen LogP contribution in [0.4, 0.5) is 27.6 Å². The Morgan fingerprint density at radius 2 is 1.80 bits per heavy atom. The highest BCUT2D eigenvalue weighted by Gasteiger charge is 2.33. The summed E-state index contributed by atoms with van der Waals surface area (Å²) >= 11 is 0. The lowest BCUT2D eigenvalue weighted by molar-refractivity contribution is -0.138. The van der Waals surface area contributed by atoms with Gasteiger partial charge in [-0.05, 0) is 29.8 Å². The van der Waals surface area contributed by atoms with Gasteiger partial charge in [-0.1, -0.05) is 6.07 Å². The molecule has 2 aromatic rings. The zero-order chi connectivity index (χ0) is 14.8. The molecular formula is C13H9F5N2. The van der Waals surface area contributed by atoms with Gasteiger partial charge in [0.2, 0.25) is 5.95 Å². The number of hydrogen-bond donors (Lipinski definition) is 1. The average molecular weight is 288 g/mol. The maximum atomic E-state index is 12.9. The van der Waals surface area contributed by atoms with Crippen LogP contribution in [0.1, 0.15) is 11.1 Å². The van der Waals surface area contributed by atoms with E-state index in [4.69, 9.17) is 0 Å². The Bertz CT molecular complexity index is 593. The fourth-order valence-corrected chi connectivity index (χ4v) is 1.64. The van der Waals surface area contributed by atoms with Gasteiger partial charge in [-0.15, -0.1) is 0 Å². The molecule has 0 fully saturated rings. The molecule has 20 heavy (non-hydrogen) atoms. The van der Waals surface area contributed by atoms with E-state index in [0.717, 1.165) is 24.4 Å². The fourth-order valence-electron chi connectivity index (χ4n) is 1.64. The van der Waals surface area contributed by atoms with Crippen LogP contribution in [0.15, 0.2) is 36.5 Å². The maximum Gasteiger partial charge on any atom is 0.416 e. The quantitative estimate of drug-likeness (QED) is 0.682. The summed E-state index contributed by atoms with van der Waals surface area (Å²) in [7, 11) is 0. The van der Waals surface area contributed by atoms with Crippen molar-refractivity contribution in [3.8, 4) is 0 Å². The Morgan fingerprint density at radius 3 is 2.40 bits per heavy atom. The summed E-state index contributed by atoms with van der Waals surface area (Å²) in [5.41, 5.74) is -0.785.